The molecule has 0 aromatic carbocycles. The molecule has 0 aliphatic carbocycles. The Morgan fingerprint density at radius 1 is 1.25 bits per heavy atom. The van der Waals surface area contributed by atoms with Crippen LogP contribution in [0.1, 0.15) is 0 Å². The quantitative estimate of drug-likeness (QED) is 0.225. The van der Waals surface area contributed by atoms with Crippen LogP contribution in [0.5, 0.6) is 0 Å². The first-order valence-corrected chi connectivity index (χ1v) is 1.67. The fourth-order valence-corrected chi connectivity index (χ4v) is 0. The van der Waals surface area contributed by atoms with Crippen LogP contribution in [0.4, 0.5) is 0 Å². The van der Waals surface area contributed by atoms with Crippen molar-refractivity contribution in [1.82, 2.24) is 0 Å². The van der Waals surface area contributed by atoms with Gasteiger partial charge >= 0.3 is 47.7 Å². The maximum absolute atomic E-state index is 4.09. The van der Waals surface area contributed by atoms with Crippen LogP contribution < -0.4 is 0 Å². The first-order chi connectivity index (χ1) is 1.50. The second-order valence-corrected chi connectivity index (χ2v) is 0.922. The monoisotopic (exact) mass is 109 g/mol. The standard InChI is InChI=1S/Mg.O2.V.2H/c;1-2;;;/q;-2;+2;;. The average molecular weight is 109 g/mol. The van der Waals surface area contributed by atoms with Crippen LogP contribution in [0.15, 0.2) is 0 Å². The summed E-state index contributed by atoms with van der Waals surface area (Å²) in [6, 6.07) is 0. The van der Waals surface area contributed by atoms with E-state index in [0.29, 0.717) is 0 Å². The summed E-state index contributed by atoms with van der Waals surface area (Å²) in [5.41, 5.74) is 0. The molecule has 0 aromatic rings. The molecule has 21 valence electrons. The van der Waals surface area contributed by atoms with Gasteiger partial charge in [-0.2, -0.15) is 0 Å². The molecule has 1 rings (SSSR count). The molecule has 0 atom stereocenters. The Kier molecular flexibility index (Phi) is 3.30. The molecule has 4 heteroatoms. The Hall–Kier alpha value is 1.27. The van der Waals surface area contributed by atoms with Gasteiger partial charge < -0.3 is 0 Å². The SMILES string of the molecule is [MgH2].[O]1[O][V]1. The van der Waals surface area contributed by atoms with Gasteiger partial charge in [-0.3, -0.25) is 0 Å². The second kappa shape index (κ2) is 2.50. The molecule has 0 unspecified atom stereocenters. The topological polar surface area (TPSA) is 25.1 Å². The van der Waals surface area contributed by atoms with Gasteiger partial charge in [0.05, 0.1) is 0 Å². The van der Waals surface area contributed by atoms with E-state index >= 15 is 0 Å². The van der Waals surface area contributed by atoms with Crippen LogP contribution in [-0.4, -0.2) is 23.1 Å². The Labute approximate surface area is 47.7 Å². The van der Waals surface area contributed by atoms with Crippen LogP contribution in [-0.2, 0) is 24.6 Å². The molecule has 0 N–H and O–H groups in total. The molecule has 4 heavy (non-hydrogen) atoms. The van der Waals surface area contributed by atoms with E-state index in [9.17, 15) is 0 Å². The molecule has 1 aliphatic heterocycles. The van der Waals surface area contributed by atoms with Gasteiger partial charge in [0.15, 0.2) is 0 Å². The van der Waals surface area contributed by atoms with Gasteiger partial charge in [-0.15, -0.1) is 0 Å². The molecule has 1 fully saturated rings. The zero-order valence-corrected chi connectivity index (χ0v) is 2.66. The van der Waals surface area contributed by atoms with Gasteiger partial charge in [-0.05, 0) is 0 Å². The van der Waals surface area contributed by atoms with E-state index in [1.54, 1.807) is 0 Å². The van der Waals surface area contributed by atoms with E-state index in [-0.39, 0.29) is 40.0 Å². The zero-order valence-electron chi connectivity index (χ0n) is 1.26. The van der Waals surface area contributed by atoms with E-state index in [2.05, 4.69) is 7.63 Å². The van der Waals surface area contributed by atoms with Crippen molar-refractivity contribution < 1.29 is 24.6 Å². The normalized spacial score (nSPS) is 16.0. The molecule has 0 amide bonds. The van der Waals surface area contributed by atoms with Gasteiger partial charge in [-0.1, -0.05) is 0 Å². The van der Waals surface area contributed by atoms with Crippen LogP contribution in [0.3, 0.4) is 0 Å². The molecule has 0 radical (unpaired) electrons. The summed E-state index contributed by atoms with van der Waals surface area (Å²) < 4.78 is 8.19. The molecule has 1 saturated heterocycles. The summed E-state index contributed by atoms with van der Waals surface area (Å²) in [6.07, 6.45) is 0. The average Bonchev–Trinajstić information content (AvgIpc) is 1.46. The first-order valence-electron chi connectivity index (χ1n) is 0.532. The molecule has 0 spiro atoms. The molecular formula is H2MgO2V. The molecule has 0 saturated carbocycles. The predicted octanol–water partition coefficient (Wildman–Crippen LogP) is -1.06. The van der Waals surface area contributed by atoms with E-state index < -0.39 is 0 Å². The van der Waals surface area contributed by atoms with Gasteiger partial charge in [0.1, 0.15) is 0 Å². The van der Waals surface area contributed by atoms with Crippen molar-refractivity contribution in [3.05, 3.63) is 0 Å². The first kappa shape index (κ1) is 5.27. The van der Waals surface area contributed by atoms with Crippen molar-refractivity contribution in [2.24, 2.45) is 0 Å². The summed E-state index contributed by atoms with van der Waals surface area (Å²) in [5.74, 6) is 0. The summed E-state index contributed by atoms with van der Waals surface area (Å²) in [5, 5.41) is 0. The van der Waals surface area contributed by atoms with Gasteiger partial charge in [0.2, 0.25) is 0 Å². The van der Waals surface area contributed by atoms with Crippen LogP contribution in [0, 0.1) is 0 Å². The second-order valence-electron chi connectivity index (χ2n) is 0.224. The fraction of sp³-hybridized carbons (Fsp3) is 0. The number of rotatable bonds is 0. The minimum absolute atomic E-state index is 0. The third-order valence-corrected chi connectivity index (χ3v) is 0.307. The number of hydrogen-bond acceptors (Lipinski definition) is 2. The summed E-state index contributed by atoms with van der Waals surface area (Å²) in [6.45, 7) is 0. The third kappa shape index (κ3) is 3.27. The molecule has 0 bridgehead atoms. The van der Waals surface area contributed by atoms with Crippen molar-refractivity contribution in [2.45, 2.75) is 0 Å². The van der Waals surface area contributed by atoms with E-state index in [1.165, 1.54) is 0 Å². The molecule has 2 nitrogen and oxygen atoms in total. The van der Waals surface area contributed by atoms with Crippen molar-refractivity contribution in [3.63, 3.8) is 0 Å². The Balaban J connectivity index is 0.0000000900. The Morgan fingerprint density at radius 2 is 1.50 bits per heavy atom. The van der Waals surface area contributed by atoms with Gasteiger partial charge in [0.25, 0.3) is 0 Å². The predicted molar refractivity (Wildman–Crippen MR) is 10.7 cm³/mol. The maximum atomic E-state index is 4.09. The summed E-state index contributed by atoms with van der Waals surface area (Å²) in [7, 11) is 0. The van der Waals surface area contributed by atoms with E-state index in [4.69, 9.17) is 0 Å². The third-order valence-electron chi connectivity index (χ3n) is 0.0745. The van der Waals surface area contributed by atoms with Gasteiger partial charge in [0, 0.05) is 0 Å². The van der Waals surface area contributed by atoms with Crippen LogP contribution >= 0.6 is 0 Å². The van der Waals surface area contributed by atoms with E-state index in [0.717, 1.165) is 0 Å². The van der Waals surface area contributed by atoms with Crippen molar-refractivity contribution in [2.75, 3.05) is 0 Å². The molecule has 1 aliphatic rings. The minimum atomic E-state index is -0.0625. The van der Waals surface area contributed by atoms with Crippen molar-refractivity contribution in [1.29, 1.82) is 0 Å². The fourth-order valence-electron chi connectivity index (χ4n) is 0. The van der Waals surface area contributed by atoms with Crippen molar-refractivity contribution in [3.8, 4) is 0 Å². The van der Waals surface area contributed by atoms with Crippen LogP contribution in [0.2, 0.25) is 0 Å². The molecule has 1 heterocycles. The summed E-state index contributed by atoms with van der Waals surface area (Å²) >= 11 is -0.0625. The zero-order chi connectivity index (χ0) is 2.12. The van der Waals surface area contributed by atoms with Crippen molar-refractivity contribution >= 4 is 23.1 Å². The van der Waals surface area contributed by atoms with Gasteiger partial charge in [-0.25, -0.2) is 0 Å². The number of hydrogen-bond donors (Lipinski definition) is 0. The Bertz CT molecular complexity index is 10.8. The molecule has 0 aromatic heterocycles. The van der Waals surface area contributed by atoms with Crippen LogP contribution in [0.25, 0.3) is 0 Å². The summed E-state index contributed by atoms with van der Waals surface area (Å²) in [4.78, 5) is 0. The Morgan fingerprint density at radius 3 is 1.50 bits per heavy atom. The van der Waals surface area contributed by atoms with E-state index in [1.807, 2.05) is 0 Å². The molecular weight excluding hydrogens is 107 g/mol.